The average molecular weight is 296 g/mol. The molecule has 4 heteroatoms. The molecule has 0 bridgehead atoms. The van der Waals surface area contributed by atoms with Gasteiger partial charge in [-0.05, 0) is 31.1 Å². The Morgan fingerprint density at radius 1 is 1.24 bits per heavy atom. The Balaban J connectivity index is 1.95. The summed E-state index contributed by atoms with van der Waals surface area (Å²) in [4.78, 5) is 14.9. The van der Waals surface area contributed by atoms with Crippen LogP contribution in [0, 0.1) is 11.8 Å². The number of hydrogen-bond donors (Lipinski definition) is 1. The van der Waals surface area contributed by atoms with Crippen LogP contribution >= 0.6 is 0 Å². The number of hydrogen-bond acceptors (Lipinski definition) is 3. The van der Waals surface area contributed by atoms with E-state index in [1.54, 1.807) is 0 Å². The van der Waals surface area contributed by atoms with Gasteiger partial charge in [-0.15, -0.1) is 0 Å². The summed E-state index contributed by atoms with van der Waals surface area (Å²) in [7, 11) is 0. The Hall–Kier alpha value is -0.610. The predicted molar refractivity (Wildman–Crippen MR) is 84.9 cm³/mol. The van der Waals surface area contributed by atoms with Gasteiger partial charge in [0.1, 0.15) is 0 Å². The highest BCUT2D eigenvalue weighted by atomic mass is 16.5. The molecule has 1 saturated heterocycles. The summed E-state index contributed by atoms with van der Waals surface area (Å²) in [5.41, 5.74) is -0.252. The Morgan fingerprint density at radius 3 is 2.48 bits per heavy atom. The highest BCUT2D eigenvalue weighted by Crippen LogP contribution is 2.37. The van der Waals surface area contributed by atoms with Crippen LogP contribution in [0.2, 0.25) is 0 Å². The van der Waals surface area contributed by atoms with Gasteiger partial charge in [0.05, 0.1) is 18.3 Å². The molecule has 2 aliphatic rings. The van der Waals surface area contributed by atoms with Gasteiger partial charge in [0, 0.05) is 13.2 Å². The second-order valence-corrected chi connectivity index (χ2v) is 7.55. The molecule has 1 aliphatic carbocycles. The Morgan fingerprint density at radius 2 is 1.90 bits per heavy atom. The van der Waals surface area contributed by atoms with Gasteiger partial charge in [-0.2, -0.15) is 0 Å². The highest BCUT2D eigenvalue weighted by molar-refractivity contribution is 5.89. The number of rotatable bonds is 7. The van der Waals surface area contributed by atoms with Gasteiger partial charge in [0.25, 0.3) is 0 Å². The first-order chi connectivity index (χ1) is 9.94. The van der Waals surface area contributed by atoms with Gasteiger partial charge in [-0.25, -0.2) is 0 Å². The van der Waals surface area contributed by atoms with Crippen LogP contribution in [0.15, 0.2) is 0 Å². The summed E-state index contributed by atoms with van der Waals surface area (Å²) >= 11 is 0. The molecule has 0 radical (unpaired) electrons. The molecule has 2 rings (SSSR count). The largest absolute Gasteiger partial charge is 0.379 e. The molecule has 1 amide bonds. The van der Waals surface area contributed by atoms with E-state index < -0.39 is 0 Å². The van der Waals surface area contributed by atoms with E-state index in [0.717, 1.165) is 32.4 Å². The molecule has 0 aromatic rings. The monoisotopic (exact) mass is 296 g/mol. The molecule has 122 valence electrons. The standard InChI is InChI=1S/C17H32N2O2/c1-13(2)11-15-18-17(7-5-6-8-17)16(20)19(15)9-10-21-12-14(3)4/h13-15,18H,5-12H2,1-4H3. The second-order valence-electron chi connectivity index (χ2n) is 7.55. The van der Waals surface area contributed by atoms with Crippen molar-refractivity contribution in [2.45, 2.75) is 71.5 Å². The third-order valence-corrected chi connectivity index (χ3v) is 4.57. The number of amides is 1. The maximum absolute atomic E-state index is 12.9. The van der Waals surface area contributed by atoms with Gasteiger partial charge in [0.2, 0.25) is 5.91 Å². The topological polar surface area (TPSA) is 41.6 Å². The lowest BCUT2D eigenvalue weighted by Gasteiger charge is -2.25. The summed E-state index contributed by atoms with van der Waals surface area (Å²) in [6.07, 6.45) is 5.57. The predicted octanol–water partition coefficient (Wildman–Crippen LogP) is 2.78. The van der Waals surface area contributed by atoms with Crippen molar-refractivity contribution in [1.82, 2.24) is 10.2 Å². The van der Waals surface area contributed by atoms with Crippen LogP contribution in [0.3, 0.4) is 0 Å². The van der Waals surface area contributed by atoms with E-state index in [0.29, 0.717) is 24.3 Å². The fourth-order valence-electron chi connectivity index (χ4n) is 3.58. The van der Waals surface area contributed by atoms with E-state index in [2.05, 4.69) is 33.0 Å². The number of carbonyl (C=O) groups is 1. The van der Waals surface area contributed by atoms with Crippen molar-refractivity contribution in [3.63, 3.8) is 0 Å². The molecule has 1 N–H and O–H groups in total. The van der Waals surface area contributed by atoms with E-state index in [-0.39, 0.29) is 11.7 Å². The van der Waals surface area contributed by atoms with Gasteiger partial charge >= 0.3 is 0 Å². The van der Waals surface area contributed by atoms with E-state index >= 15 is 0 Å². The molecule has 1 atom stereocenters. The molecule has 0 aromatic carbocycles. The van der Waals surface area contributed by atoms with Crippen LogP contribution < -0.4 is 5.32 Å². The Kier molecular flexibility index (Phi) is 5.67. The minimum Gasteiger partial charge on any atom is -0.379 e. The zero-order chi connectivity index (χ0) is 15.5. The fourth-order valence-corrected chi connectivity index (χ4v) is 3.58. The number of nitrogens with zero attached hydrogens (tertiary/aromatic N) is 1. The van der Waals surface area contributed by atoms with Gasteiger partial charge in [0.15, 0.2) is 0 Å². The van der Waals surface area contributed by atoms with Crippen LogP contribution in [0.5, 0.6) is 0 Å². The van der Waals surface area contributed by atoms with Crippen molar-refractivity contribution < 1.29 is 9.53 Å². The quantitative estimate of drug-likeness (QED) is 0.735. The van der Waals surface area contributed by atoms with Gasteiger partial charge in [-0.3, -0.25) is 10.1 Å². The minimum absolute atomic E-state index is 0.193. The molecule has 0 aromatic heterocycles. The first-order valence-electron chi connectivity index (χ1n) is 8.61. The summed E-state index contributed by atoms with van der Waals surface area (Å²) in [6, 6.07) is 0. The molecule has 4 nitrogen and oxygen atoms in total. The smallest absolute Gasteiger partial charge is 0.244 e. The summed E-state index contributed by atoms with van der Waals surface area (Å²) in [5.74, 6) is 1.45. The van der Waals surface area contributed by atoms with Crippen LogP contribution in [-0.2, 0) is 9.53 Å². The molecule has 1 heterocycles. The Bertz CT molecular complexity index is 349. The molecule has 21 heavy (non-hydrogen) atoms. The number of carbonyl (C=O) groups excluding carboxylic acids is 1. The maximum atomic E-state index is 12.9. The highest BCUT2D eigenvalue weighted by Gasteiger charge is 2.51. The van der Waals surface area contributed by atoms with Gasteiger partial charge in [-0.1, -0.05) is 40.5 Å². The van der Waals surface area contributed by atoms with E-state index in [9.17, 15) is 4.79 Å². The molecular formula is C17H32N2O2. The fraction of sp³-hybridized carbons (Fsp3) is 0.941. The lowest BCUT2D eigenvalue weighted by Crippen LogP contribution is -2.44. The van der Waals surface area contributed by atoms with Crippen molar-refractivity contribution in [2.24, 2.45) is 11.8 Å². The lowest BCUT2D eigenvalue weighted by atomic mass is 9.98. The average Bonchev–Trinajstić information content (AvgIpc) is 2.94. The SMILES string of the molecule is CC(C)COCCN1C(=O)C2(CCCC2)NC1CC(C)C. The first kappa shape index (κ1) is 16.8. The zero-order valence-electron chi connectivity index (χ0n) is 14.2. The van der Waals surface area contributed by atoms with Crippen LogP contribution in [0.25, 0.3) is 0 Å². The third kappa shape index (κ3) is 3.98. The maximum Gasteiger partial charge on any atom is 0.244 e. The van der Waals surface area contributed by atoms with Crippen molar-refractivity contribution in [3.05, 3.63) is 0 Å². The number of nitrogens with one attached hydrogen (secondary N) is 1. The van der Waals surface area contributed by atoms with Crippen LogP contribution in [-0.4, -0.2) is 42.3 Å². The van der Waals surface area contributed by atoms with Crippen molar-refractivity contribution >= 4 is 5.91 Å². The van der Waals surface area contributed by atoms with Crippen molar-refractivity contribution in [2.75, 3.05) is 19.8 Å². The van der Waals surface area contributed by atoms with E-state index in [1.165, 1.54) is 12.8 Å². The van der Waals surface area contributed by atoms with Crippen molar-refractivity contribution in [1.29, 1.82) is 0 Å². The molecular weight excluding hydrogens is 264 g/mol. The summed E-state index contributed by atoms with van der Waals surface area (Å²) in [6.45, 7) is 10.9. The molecule has 1 unspecified atom stereocenters. The van der Waals surface area contributed by atoms with E-state index in [1.807, 2.05) is 4.90 Å². The molecule has 1 saturated carbocycles. The van der Waals surface area contributed by atoms with Crippen LogP contribution in [0.1, 0.15) is 59.8 Å². The lowest BCUT2D eigenvalue weighted by molar-refractivity contribution is -0.134. The summed E-state index contributed by atoms with van der Waals surface area (Å²) in [5, 5.41) is 3.67. The second kappa shape index (κ2) is 7.10. The van der Waals surface area contributed by atoms with E-state index in [4.69, 9.17) is 4.74 Å². The third-order valence-electron chi connectivity index (χ3n) is 4.57. The molecule has 1 spiro atoms. The van der Waals surface area contributed by atoms with Gasteiger partial charge < -0.3 is 9.64 Å². The van der Waals surface area contributed by atoms with Crippen molar-refractivity contribution in [3.8, 4) is 0 Å². The first-order valence-corrected chi connectivity index (χ1v) is 8.61. The number of ether oxygens (including phenoxy) is 1. The molecule has 2 fully saturated rings. The normalized spacial score (nSPS) is 25.0. The zero-order valence-corrected chi connectivity index (χ0v) is 14.2. The summed E-state index contributed by atoms with van der Waals surface area (Å²) < 4.78 is 5.69. The Labute approximate surface area is 129 Å². The minimum atomic E-state index is -0.252. The molecule has 1 aliphatic heterocycles. The van der Waals surface area contributed by atoms with Crippen LogP contribution in [0.4, 0.5) is 0 Å².